The van der Waals surface area contributed by atoms with Crippen molar-refractivity contribution in [1.82, 2.24) is 20.4 Å². The van der Waals surface area contributed by atoms with E-state index >= 15 is 0 Å². The summed E-state index contributed by atoms with van der Waals surface area (Å²) in [5, 5.41) is 7.29. The minimum absolute atomic E-state index is 0.177. The van der Waals surface area contributed by atoms with Crippen molar-refractivity contribution >= 4 is 15.9 Å². The highest BCUT2D eigenvalue weighted by Crippen LogP contribution is 2.24. The van der Waals surface area contributed by atoms with Crippen LogP contribution in [-0.4, -0.2) is 28.2 Å². The van der Waals surface area contributed by atoms with Crippen LogP contribution in [0, 0.1) is 0 Å². The molecule has 2 heterocycles. The molecule has 0 aliphatic carbocycles. The minimum atomic E-state index is 0.177. The lowest BCUT2D eigenvalue weighted by Crippen LogP contribution is -2.30. The third-order valence-electron chi connectivity index (χ3n) is 3.21. The quantitative estimate of drug-likeness (QED) is 0.915. The molecule has 0 aliphatic rings. The van der Waals surface area contributed by atoms with Crippen LogP contribution < -0.4 is 5.32 Å². The van der Waals surface area contributed by atoms with Crippen LogP contribution >= 0.6 is 15.9 Å². The van der Waals surface area contributed by atoms with E-state index in [1.54, 1.807) is 12.4 Å². The van der Waals surface area contributed by atoms with Crippen LogP contribution in [0.1, 0.15) is 32.1 Å². The molecule has 102 valence electrons. The van der Waals surface area contributed by atoms with E-state index < -0.39 is 0 Å². The maximum atomic E-state index is 5.36. The van der Waals surface area contributed by atoms with Gasteiger partial charge in [-0.1, -0.05) is 19.0 Å². The van der Waals surface area contributed by atoms with E-state index in [-0.39, 0.29) is 5.92 Å². The van der Waals surface area contributed by atoms with E-state index in [0.29, 0.717) is 17.8 Å². The van der Waals surface area contributed by atoms with Crippen LogP contribution in [0.5, 0.6) is 0 Å². The highest BCUT2D eigenvalue weighted by atomic mass is 79.9. The summed E-state index contributed by atoms with van der Waals surface area (Å²) in [5.41, 5.74) is 0.842. The molecule has 0 bridgehead atoms. The van der Waals surface area contributed by atoms with Gasteiger partial charge in [-0.15, -0.1) is 0 Å². The summed E-state index contributed by atoms with van der Waals surface area (Å²) in [6.07, 6.45) is 4.45. The molecule has 0 aliphatic heterocycles. The maximum absolute atomic E-state index is 5.36. The van der Waals surface area contributed by atoms with Gasteiger partial charge >= 0.3 is 0 Å². The number of hydrogen-bond donors (Lipinski definition) is 1. The van der Waals surface area contributed by atoms with Crippen molar-refractivity contribution in [3.8, 4) is 11.4 Å². The first-order chi connectivity index (χ1) is 9.15. The Morgan fingerprint density at radius 2 is 2.21 bits per heavy atom. The van der Waals surface area contributed by atoms with Crippen molar-refractivity contribution in [3.63, 3.8) is 0 Å². The van der Waals surface area contributed by atoms with Gasteiger partial charge in [-0.05, 0) is 35.5 Å². The predicted octanol–water partition coefficient (Wildman–Crippen LogP) is 3.00. The van der Waals surface area contributed by atoms with E-state index in [9.17, 15) is 0 Å². The van der Waals surface area contributed by atoms with E-state index in [1.165, 1.54) is 0 Å². The molecule has 2 aromatic heterocycles. The largest absolute Gasteiger partial charge is 0.339 e. The number of halogens is 1. The molecular weight excluding hydrogens is 308 g/mol. The van der Waals surface area contributed by atoms with Crippen LogP contribution in [0.3, 0.4) is 0 Å². The van der Waals surface area contributed by atoms with Crippen LogP contribution in [0.2, 0.25) is 0 Å². The van der Waals surface area contributed by atoms with Gasteiger partial charge in [0.25, 0.3) is 0 Å². The number of hydrogen-bond acceptors (Lipinski definition) is 5. The molecule has 2 atom stereocenters. The molecule has 0 saturated carbocycles. The molecule has 0 spiro atoms. The second-order valence-corrected chi connectivity index (χ2v) is 5.36. The molecule has 6 heteroatoms. The van der Waals surface area contributed by atoms with Gasteiger partial charge in [0.15, 0.2) is 0 Å². The normalized spacial score (nSPS) is 14.3. The Kier molecular flexibility index (Phi) is 4.66. The Balaban J connectivity index is 2.24. The first kappa shape index (κ1) is 14.1. The maximum Gasteiger partial charge on any atom is 0.231 e. The first-order valence-corrected chi connectivity index (χ1v) is 7.06. The fourth-order valence-electron chi connectivity index (χ4n) is 2.05. The van der Waals surface area contributed by atoms with Crippen molar-refractivity contribution in [1.29, 1.82) is 0 Å². The molecule has 19 heavy (non-hydrogen) atoms. The lowest BCUT2D eigenvalue weighted by molar-refractivity contribution is 0.326. The topological polar surface area (TPSA) is 63.8 Å². The second kappa shape index (κ2) is 6.25. The molecule has 0 aromatic carbocycles. The van der Waals surface area contributed by atoms with E-state index in [2.05, 4.69) is 50.2 Å². The van der Waals surface area contributed by atoms with Crippen molar-refractivity contribution in [2.45, 2.75) is 32.2 Å². The average Bonchev–Trinajstić information content (AvgIpc) is 2.89. The third kappa shape index (κ3) is 3.19. The monoisotopic (exact) mass is 324 g/mol. The standard InChI is InChI=1S/C13H17BrN4O/c1-4-11(15-3)8(2)13-17-12(18-19-13)9-5-10(14)7-16-6-9/h5-8,11,15H,4H2,1-3H3. The number of nitrogens with one attached hydrogen (secondary N) is 1. The molecule has 2 aromatic rings. The van der Waals surface area contributed by atoms with Crippen LogP contribution in [0.25, 0.3) is 11.4 Å². The van der Waals surface area contributed by atoms with Crippen LogP contribution in [-0.2, 0) is 0 Å². The van der Waals surface area contributed by atoms with Gasteiger partial charge in [-0.2, -0.15) is 4.98 Å². The summed E-state index contributed by atoms with van der Waals surface area (Å²) in [6.45, 7) is 4.22. The smallest absolute Gasteiger partial charge is 0.231 e. The van der Waals surface area contributed by atoms with Gasteiger partial charge < -0.3 is 9.84 Å². The molecule has 0 saturated heterocycles. The van der Waals surface area contributed by atoms with Crippen LogP contribution in [0.15, 0.2) is 27.5 Å². The minimum Gasteiger partial charge on any atom is -0.339 e. The highest BCUT2D eigenvalue weighted by Gasteiger charge is 2.22. The number of aromatic nitrogens is 3. The molecule has 0 fully saturated rings. The predicted molar refractivity (Wildman–Crippen MR) is 76.8 cm³/mol. The number of likely N-dealkylation sites (N-methyl/N-ethyl adjacent to an activating group) is 1. The lowest BCUT2D eigenvalue weighted by Gasteiger charge is -2.18. The third-order valence-corrected chi connectivity index (χ3v) is 3.64. The first-order valence-electron chi connectivity index (χ1n) is 6.27. The van der Waals surface area contributed by atoms with Gasteiger partial charge in [0.2, 0.25) is 11.7 Å². The number of nitrogens with zero attached hydrogens (tertiary/aromatic N) is 3. The Morgan fingerprint density at radius 3 is 2.84 bits per heavy atom. The van der Waals surface area contributed by atoms with Crippen molar-refractivity contribution < 1.29 is 4.52 Å². The number of rotatable bonds is 5. The zero-order chi connectivity index (χ0) is 13.8. The molecule has 2 rings (SSSR count). The van der Waals surface area contributed by atoms with E-state index in [1.807, 2.05) is 13.1 Å². The van der Waals surface area contributed by atoms with Gasteiger partial charge in [0, 0.05) is 28.5 Å². The molecule has 1 N–H and O–H groups in total. The molecule has 2 unspecified atom stereocenters. The highest BCUT2D eigenvalue weighted by molar-refractivity contribution is 9.10. The summed E-state index contributed by atoms with van der Waals surface area (Å²) in [7, 11) is 1.94. The van der Waals surface area contributed by atoms with E-state index in [0.717, 1.165) is 16.5 Å². The Hall–Kier alpha value is -1.27. The van der Waals surface area contributed by atoms with Gasteiger partial charge in [0.1, 0.15) is 0 Å². The molecule has 5 nitrogen and oxygen atoms in total. The van der Waals surface area contributed by atoms with Gasteiger partial charge in [-0.25, -0.2) is 0 Å². The summed E-state index contributed by atoms with van der Waals surface area (Å²) < 4.78 is 6.26. The van der Waals surface area contributed by atoms with Crippen LogP contribution in [0.4, 0.5) is 0 Å². The molecule has 0 radical (unpaired) electrons. The average molecular weight is 325 g/mol. The van der Waals surface area contributed by atoms with Gasteiger partial charge in [-0.3, -0.25) is 4.98 Å². The lowest BCUT2D eigenvalue weighted by atomic mass is 10.00. The fraction of sp³-hybridized carbons (Fsp3) is 0.462. The van der Waals surface area contributed by atoms with Gasteiger partial charge in [0.05, 0.1) is 5.92 Å². The summed E-state index contributed by atoms with van der Waals surface area (Å²) in [6, 6.07) is 2.25. The summed E-state index contributed by atoms with van der Waals surface area (Å²) in [5.74, 6) is 1.40. The molecule has 0 amide bonds. The molecular formula is C13H17BrN4O. The van der Waals surface area contributed by atoms with Crippen molar-refractivity contribution in [2.75, 3.05) is 7.05 Å². The summed E-state index contributed by atoms with van der Waals surface area (Å²) in [4.78, 5) is 8.56. The second-order valence-electron chi connectivity index (χ2n) is 4.44. The SMILES string of the molecule is CCC(NC)C(C)c1nc(-c2cncc(Br)c2)no1. The number of pyridine rings is 1. The van der Waals surface area contributed by atoms with Crippen molar-refractivity contribution in [2.24, 2.45) is 0 Å². The Labute approximate surface area is 121 Å². The zero-order valence-corrected chi connectivity index (χ0v) is 12.8. The summed E-state index contributed by atoms with van der Waals surface area (Å²) >= 11 is 3.38. The fourth-order valence-corrected chi connectivity index (χ4v) is 2.42. The zero-order valence-electron chi connectivity index (χ0n) is 11.2. The van der Waals surface area contributed by atoms with E-state index in [4.69, 9.17) is 4.52 Å². The van der Waals surface area contributed by atoms with Crippen molar-refractivity contribution in [3.05, 3.63) is 28.8 Å². The Morgan fingerprint density at radius 1 is 1.42 bits per heavy atom. The Bertz CT molecular complexity index is 539.